The van der Waals surface area contributed by atoms with Gasteiger partial charge in [-0.05, 0) is 36.8 Å². The number of ether oxygens (including phenoxy) is 1. The Morgan fingerprint density at radius 2 is 2.04 bits per heavy atom. The summed E-state index contributed by atoms with van der Waals surface area (Å²) >= 11 is 10.8. The highest BCUT2D eigenvalue weighted by Crippen LogP contribution is 2.32. The summed E-state index contributed by atoms with van der Waals surface area (Å²) in [5.41, 5.74) is 1.92. The first-order valence-electron chi connectivity index (χ1n) is 7.99. The number of hydrogen-bond acceptors (Lipinski definition) is 4. The predicted molar refractivity (Wildman–Crippen MR) is 110 cm³/mol. The van der Waals surface area contributed by atoms with Crippen molar-refractivity contribution in [2.75, 3.05) is 11.9 Å². The van der Waals surface area contributed by atoms with Crippen molar-refractivity contribution >= 4 is 49.9 Å². The van der Waals surface area contributed by atoms with E-state index in [1.54, 1.807) is 24.3 Å². The lowest BCUT2D eigenvalue weighted by Gasteiger charge is -2.05. The zero-order valence-corrected chi connectivity index (χ0v) is 17.1. The number of nitrogens with one attached hydrogen (secondary N) is 1. The number of amides is 1. The zero-order valence-electron chi connectivity index (χ0n) is 14.0. The molecule has 0 fully saturated rings. The molecule has 3 rings (SSSR count). The Balaban J connectivity index is 1.67. The van der Waals surface area contributed by atoms with Crippen molar-refractivity contribution in [2.24, 2.45) is 0 Å². The van der Waals surface area contributed by atoms with Gasteiger partial charge in [-0.1, -0.05) is 52.7 Å². The molecule has 1 aromatic heterocycles. The number of carbonyl (C=O) groups excluding carboxylic acids is 1. The second-order valence-electron chi connectivity index (χ2n) is 5.45. The van der Waals surface area contributed by atoms with E-state index in [9.17, 15) is 4.79 Å². The molecule has 134 valence electrons. The van der Waals surface area contributed by atoms with Crippen LogP contribution in [0.1, 0.15) is 11.8 Å². The molecular formula is C19H16BrClN2O2S. The molecule has 1 N–H and O–H groups in total. The first-order valence-corrected chi connectivity index (χ1v) is 9.97. The van der Waals surface area contributed by atoms with Crippen LogP contribution in [0.15, 0.2) is 53.0 Å². The Morgan fingerprint density at radius 1 is 1.27 bits per heavy atom. The molecule has 0 aliphatic rings. The third-order valence-corrected chi connectivity index (χ3v) is 5.43. The van der Waals surface area contributed by atoms with Gasteiger partial charge < -0.3 is 4.74 Å². The molecule has 0 unspecified atom stereocenters. The quantitative estimate of drug-likeness (QED) is 0.515. The Morgan fingerprint density at radius 3 is 2.73 bits per heavy atom. The van der Waals surface area contributed by atoms with Crippen LogP contribution in [0.3, 0.4) is 0 Å². The Labute approximate surface area is 169 Å². The van der Waals surface area contributed by atoms with Gasteiger partial charge in [-0.2, -0.15) is 0 Å². The lowest BCUT2D eigenvalue weighted by molar-refractivity contribution is -0.118. The molecule has 4 nitrogen and oxygen atoms in total. The van der Waals surface area contributed by atoms with Crippen LogP contribution in [0.2, 0.25) is 5.02 Å². The number of benzene rings is 2. The van der Waals surface area contributed by atoms with Crippen LogP contribution in [0.25, 0.3) is 11.3 Å². The van der Waals surface area contributed by atoms with Crippen LogP contribution in [0.5, 0.6) is 5.75 Å². The van der Waals surface area contributed by atoms with Gasteiger partial charge in [0.2, 0.25) is 0 Å². The fourth-order valence-electron chi connectivity index (χ4n) is 2.34. The maximum Gasteiger partial charge on any atom is 0.264 e. The highest BCUT2D eigenvalue weighted by Gasteiger charge is 2.14. The van der Waals surface area contributed by atoms with Gasteiger partial charge in [-0.15, -0.1) is 11.3 Å². The van der Waals surface area contributed by atoms with Crippen LogP contribution < -0.4 is 10.1 Å². The standard InChI is InChI=1S/C19H16BrClN2O2S/c1-2-16-18(12-6-8-13(20)9-7-12)23-19(26-16)22-17(24)11-25-15-5-3-4-14(21)10-15/h3-10H,2,11H2,1H3,(H,22,23,24). The summed E-state index contributed by atoms with van der Waals surface area (Å²) in [6, 6.07) is 14.9. The van der Waals surface area contributed by atoms with Crippen molar-refractivity contribution in [1.82, 2.24) is 4.98 Å². The molecule has 0 bridgehead atoms. The van der Waals surface area contributed by atoms with E-state index < -0.39 is 0 Å². The molecule has 0 radical (unpaired) electrons. The number of carbonyl (C=O) groups is 1. The first-order chi connectivity index (χ1) is 12.5. The van der Waals surface area contributed by atoms with Crippen molar-refractivity contribution < 1.29 is 9.53 Å². The average Bonchev–Trinajstić information content (AvgIpc) is 3.03. The normalized spacial score (nSPS) is 10.6. The molecule has 0 atom stereocenters. The topological polar surface area (TPSA) is 51.2 Å². The van der Waals surface area contributed by atoms with Gasteiger partial charge in [-0.3, -0.25) is 10.1 Å². The second-order valence-corrected chi connectivity index (χ2v) is 7.88. The SMILES string of the molecule is CCc1sc(NC(=O)COc2cccc(Cl)c2)nc1-c1ccc(Br)cc1. The van der Waals surface area contributed by atoms with E-state index in [4.69, 9.17) is 16.3 Å². The van der Waals surface area contributed by atoms with Crippen LogP contribution in [-0.2, 0) is 11.2 Å². The predicted octanol–water partition coefficient (Wildman–Crippen LogP) is 5.81. The number of aromatic nitrogens is 1. The highest BCUT2D eigenvalue weighted by atomic mass is 79.9. The Bertz CT molecular complexity index is 912. The van der Waals surface area contributed by atoms with Crippen LogP contribution >= 0.6 is 38.9 Å². The molecule has 0 aliphatic heterocycles. The molecule has 0 saturated carbocycles. The van der Waals surface area contributed by atoms with Crippen molar-refractivity contribution in [2.45, 2.75) is 13.3 Å². The third-order valence-electron chi connectivity index (χ3n) is 3.55. The highest BCUT2D eigenvalue weighted by molar-refractivity contribution is 9.10. The van der Waals surface area contributed by atoms with Crippen molar-refractivity contribution in [3.63, 3.8) is 0 Å². The number of rotatable bonds is 6. The Hall–Kier alpha value is -1.89. The van der Waals surface area contributed by atoms with E-state index in [1.165, 1.54) is 11.3 Å². The molecular weight excluding hydrogens is 436 g/mol. The van der Waals surface area contributed by atoms with E-state index in [0.717, 1.165) is 27.0 Å². The minimum absolute atomic E-state index is 0.102. The molecule has 1 amide bonds. The summed E-state index contributed by atoms with van der Waals surface area (Å²) in [6.45, 7) is 1.97. The fourth-order valence-corrected chi connectivity index (χ4v) is 3.72. The minimum Gasteiger partial charge on any atom is -0.484 e. The molecule has 26 heavy (non-hydrogen) atoms. The average molecular weight is 452 g/mol. The first kappa shape index (κ1) is 18.9. The summed E-state index contributed by atoms with van der Waals surface area (Å²) in [6.07, 6.45) is 0.845. The summed E-state index contributed by atoms with van der Waals surface area (Å²) in [5, 5.41) is 3.94. The van der Waals surface area contributed by atoms with Gasteiger partial charge >= 0.3 is 0 Å². The summed E-state index contributed by atoms with van der Waals surface area (Å²) in [4.78, 5) is 17.9. The van der Waals surface area contributed by atoms with Crippen LogP contribution in [0, 0.1) is 0 Å². The van der Waals surface area contributed by atoms with Gasteiger partial charge in [0.25, 0.3) is 5.91 Å². The maximum absolute atomic E-state index is 12.2. The number of aryl methyl sites for hydroxylation is 1. The molecule has 1 heterocycles. The van der Waals surface area contributed by atoms with Gasteiger partial charge in [0, 0.05) is 19.9 Å². The third kappa shape index (κ3) is 4.84. The van der Waals surface area contributed by atoms with Gasteiger partial charge in [0.05, 0.1) is 5.69 Å². The summed E-state index contributed by atoms with van der Waals surface area (Å²) in [5.74, 6) is 0.292. The van der Waals surface area contributed by atoms with Gasteiger partial charge in [0.1, 0.15) is 5.75 Å². The lowest BCUT2D eigenvalue weighted by atomic mass is 10.1. The number of hydrogen-bond donors (Lipinski definition) is 1. The number of anilines is 1. The number of halogens is 2. The second kappa shape index (κ2) is 8.66. The van der Waals surface area contributed by atoms with Gasteiger partial charge in [0.15, 0.2) is 11.7 Å². The van der Waals surface area contributed by atoms with Crippen molar-refractivity contribution in [3.8, 4) is 17.0 Å². The van der Waals surface area contributed by atoms with E-state index in [2.05, 4.69) is 33.2 Å². The van der Waals surface area contributed by atoms with Crippen LogP contribution in [-0.4, -0.2) is 17.5 Å². The monoisotopic (exact) mass is 450 g/mol. The molecule has 2 aromatic carbocycles. The molecule has 0 spiro atoms. The Kier molecular flexibility index (Phi) is 6.29. The minimum atomic E-state index is -0.260. The van der Waals surface area contributed by atoms with Crippen molar-refractivity contribution in [3.05, 3.63) is 62.9 Å². The molecule has 7 heteroatoms. The van der Waals surface area contributed by atoms with E-state index >= 15 is 0 Å². The molecule has 3 aromatic rings. The fraction of sp³-hybridized carbons (Fsp3) is 0.158. The molecule has 0 aliphatic carbocycles. The summed E-state index contributed by atoms with van der Waals surface area (Å²) in [7, 11) is 0. The van der Waals surface area contributed by atoms with E-state index in [0.29, 0.717) is 15.9 Å². The number of nitrogens with zero attached hydrogens (tertiary/aromatic N) is 1. The number of thiazole rings is 1. The molecule has 0 saturated heterocycles. The largest absolute Gasteiger partial charge is 0.484 e. The van der Waals surface area contributed by atoms with Crippen LogP contribution in [0.4, 0.5) is 5.13 Å². The van der Waals surface area contributed by atoms with E-state index in [-0.39, 0.29) is 12.5 Å². The maximum atomic E-state index is 12.2. The zero-order chi connectivity index (χ0) is 18.5. The smallest absolute Gasteiger partial charge is 0.264 e. The summed E-state index contributed by atoms with van der Waals surface area (Å²) < 4.78 is 6.47. The van der Waals surface area contributed by atoms with E-state index in [1.807, 2.05) is 24.3 Å². The lowest BCUT2D eigenvalue weighted by Crippen LogP contribution is -2.20. The van der Waals surface area contributed by atoms with Gasteiger partial charge in [-0.25, -0.2) is 4.98 Å². The van der Waals surface area contributed by atoms with Crippen molar-refractivity contribution in [1.29, 1.82) is 0 Å².